The summed E-state index contributed by atoms with van der Waals surface area (Å²) >= 11 is 7.04. The Bertz CT molecular complexity index is 1190. The van der Waals surface area contributed by atoms with E-state index in [1.165, 1.54) is 4.31 Å². The highest BCUT2D eigenvalue weighted by Gasteiger charge is 2.30. The molecule has 0 atom stereocenters. The first kappa shape index (κ1) is 22.8. The van der Waals surface area contributed by atoms with E-state index in [-0.39, 0.29) is 29.6 Å². The number of hydrogen-bond acceptors (Lipinski definition) is 7. The lowest BCUT2D eigenvalue weighted by Crippen LogP contribution is -2.50. The molecule has 1 saturated heterocycles. The van der Waals surface area contributed by atoms with Gasteiger partial charge in [-0.3, -0.25) is 4.79 Å². The van der Waals surface area contributed by atoms with Crippen molar-refractivity contribution in [2.75, 3.05) is 31.9 Å². The molecule has 4 rings (SSSR count). The highest BCUT2D eigenvalue weighted by molar-refractivity contribution is 7.99. The van der Waals surface area contributed by atoms with Gasteiger partial charge in [0.2, 0.25) is 21.8 Å². The number of piperazine rings is 1. The quantitative estimate of drug-likeness (QED) is 0.487. The fraction of sp³-hybridized carbons (Fsp3) is 0.286. The number of carbonyl (C=O) groups excluding carboxylic acids is 1. The predicted molar refractivity (Wildman–Crippen MR) is 122 cm³/mol. The minimum atomic E-state index is -3.56. The second kappa shape index (κ2) is 9.62. The van der Waals surface area contributed by atoms with E-state index < -0.39 is 10.0 Å². The predicted octanol–water partition coefficient (Wildman–Crippen LogP) is 3.32. The normalized spacial score (nSPS) is 15.1. The molecule has 1 aromatic heterocycles. The summed E-state index contributed by atoms with van der Waals surface area (Å²) < 4.78 is 32.6. The Labute approximate surface area is 195 Å². The zero-order valence-corrected chi connectivity index (χ0v) is 19.7. The van der Waals surface area contributed by atoms with Gasteiger partial charge in [-0.05, 0) is 43.3 Å². The third kappa shape index (κ3) is 5.15. The second-order valence-electron chi connectivity index (χ2n) is 7.27. The van der Waals surface area contributed by atoms with E-state index in [4.69, 9.17) is 16.0 Å². The Morgan fingerprint density at radius 1 is 1.03 bits per heavy atom. The van der Waals surface area contributed by atoms with Crippen LogP contribution < -0.4 is 0 Å². The molecule has 0 saturated carbocycles. The molecule has 2 heterocycles. The molecule has 0 radical (unpaired) electrons. The first-order chi connectivity index (χ1) is 15.3. The minimum Gasteiger partial charge on any atom is -0.411 e. The summed E-state index contributed by atoms with van der Waals surface area (Å²) in [5.74, 6) is 0.382. The molecule has 32 heavy (non-hydrogen) atoms. The maximum Gasteiger partial charge on any atom is 0.277 e. The number of amides is 1. The number of aromatic nitrogens is 2. The van der Waals surface area contributed by atoms with Crippen molar-refractivity contribution in [2.45, 2.75) is 17.0 Å². The maximum absolute atomic E-state index is 12.8. The average Bonchev–Trinajstić information content (AvgIpc) is 3.27. The molecule has 0 spiro atoms. The standard InChI is InChI=1S/C21H21ClN4O4S2/c1-15-2-8-18(9-3-15)32(28,29)26-12-10-25(11-13-26)19(27)14-31-21-24-23-20(30-21)16-4-6-17(22)7-5-16/h2-9H,10-14H2,1H3. The van der Waals surface area contributed by atoms with Crippen LogP contribution in [0.15, 0.2) is 63.1 Å². The molecular weight excluding hydrogens is 472 g/mol. The van der Waals surface area contributed by atoms with E-state index in [9.17, 15) is 13.2 Å². The molecule has 0 aliphatic carbocycles. The van der Waals surface area contributed by atoms with Crippen molar-refractivity contribution in [3.05, 3.63) is 59.1 Å². The van der Waals surface area contributed by atoms with Gasteiger partial charge in [-0.1, -0.05) is 41.1 Å². The van der Waals surface area contributed by atoms with E-state index in [1.807, 2.05) is 6.92 Å². The summed E-state index contributed by atoms with van der Waals surface area (Å²) in [5, 5.41) is 8.88. The summed E-state index contributed by atoms with van der Waals surface area (Å²) in [5.41, 5.74) is 1.74. The van der Waals surface area contributed by atoms with Crippen molar-refractivity contribution in [1.82, 2.24) is 19.4 Å². The molecule has 2 aromatic carbocycles. The molecule has 0 bridgehead atoms. The highest BCUT2D eigenvalue weighted by Crippen LogP contribution is 2.25. The number of aryl methyl sites for hydroxylation is 1. The maximum atomic E-state index is 12.8. The summed E-state index contributed by atoms with van der Waals surface area (Å²) in [4.78, 5) is 14.5. The average molecular weight is 493 g/mol. The van der Waals surface area contributed by atoms with E-state index in [0.29, 0.717) is 29.2 Å². The van der Waals surface area contributed by atoms with Gasteiger partial charge < -0.3 is 9.32 Å². The van der Waals surface area contributed by atoms with Crippen LogP contribution in [-0.2, 0) is 14.8 Å². The number of sulfonamides is 1. The number of carbonyl (C=O) groups is 1. The first-order valence-corrected chi connectivity index (χ1v) is 12.7. The SMILES string of the molecule is Cc1ccc(S(=O)(=O)N2CCN(C(=O)CSc3nnc(-c4ccc(Cl)cc4)o3)CC2)cc1. The van der Waals surface area contributed by atoms with Crippen LogP contribution in [0.25, 0.3) is 11.5 Å². The van der Waals surface area contributed by atoms with Crippen LogP contribution in [-0.4, -0.2) is 65.7 Å². The summed E-state index contributed by atoms with van der Waals surface area (Å²) in [6, 6.07) is 13.8. The smallest absolute Gasteiger partial charge is 0.277 e. The van der Waals surface area contributed by atoms with E-state index in [2.05, 4.69) is 10.2 Å². The Morgan fingerprint density at radius 3 is 2.34 bits per heavy atom. The Morgan fingerprint density at radius 2 is 1.69 bits per heavy atom. The lowest BCUT2D eigenvalue weighted by atomic mass is 10.2. The van der Waals surface area contributed by atoms with Gasteiger partial charge in [0.1, 0.15) is 0 Å². The van der Waals surface area contributed by atoms with Crippen molar-refractivity contribution in [3.8, 4) is 11.5 Å². The number of benzene rings is 2. The van der Waals surface area contributed by atoms with Crippen molar-refractivity contribution in [1.29, 1.82) is 0 Å². The molecule has 1 aliphatic rings. The van der Waals surface area contributed by atoms with Crippen molar-refractivity contribution >= 4 is 39.3 Å². The number of halogens is 1. The zero-order valence-electron chi connectivity index (χ0n) is 17.3. The number of nitrogens with zero attached hydrogens (tertiary/aromatic N) is 4. The zero-order chi connectivity index (χ0) is 22.7. The van der Waals surface area contributed by atoms with E-state index in [0.717, 1.165) is 22.9 Å². The van der Waals surface area contributed by atoms with Gasteiger partial charge in [0, 0.05) is 36.8 Å². The van der Waals surface area contributed by atoms with Gasteiger partial charge in [-0.25, -0.2) is 8.42 Å². The van der Waals surface area contributed by atoms with Crippen LogP contribution in [0, 0.1) is 6.92 Å². The molecule has 11 heteroatoms. The van der Waals surface area contributed by atoms with Crippen LogP contribution in [0.5, 0.6) is 0 Å². The van der Waals surface area contributed by atoms with Crippen LogP contribution in [0.2, 0.25) is 5.02 Å². The lowest BCUT2D eigenvalue weighted by Gasteiger charge is -2.34. The Kier molecular flexibility index (Phi) is 6.85. The molecule has 1 fully saturated rings. The summed E-state index contributed by atoms with van der Waals surface area (Å²) in [7, 11) is -3.56. The van der Waals surface area contributed by atoms with Crippen LogP contribution >= 0.6 is 23.4 Å². The summed E-state index contributed by atoms with van der Waals surface area (Å²) in [6.45, 7) is 3.10. The molecule has 0 unspecified atom stereocenters. The molecule has 1 aliphatic heterocycles. The highest BCUT2D eigenvalue weighted by atomic mass is 35.5. The topological polar surface area (TPSA) is 96.6 Å². The van der Waals surface area contributed by atoms with Gasteiger partial charge in [-0.2, -0.15) is 4.31 Å². The summed E-state index contributed by atoms with van der Waals surface area (Å²) in [6.07, 6.45) is 0. The third-order valence-corrected chi connectivity index (χ3v) is 8.03. The largest absolute Gasteiger partial charge is 0.411 e. The minimum absolute atomic E-state index is 0.103. The van der Waals surface area contributed by atoms with Crippen molar-refractivity contribution in [3.63, 3.8) is 0 Å². The second-order valence-corrected chi connectivity index (χ2v) is 10.6. The molecule has 168 valence electrons. The fourth-order valence-corrected chi connectivity index (χ4v) is 5.44. The number of thioether (sulfide) groups is 1. The van der Waals surface area contributed by atoms with Crippen LogP contribution in [0.3, 0.4) is 0 Å². The van der Waals surface area contributed by atoms with Crippen molar-refractivity contribution < 1.29 is 17.6 Å². The van der Waals surface area contributed by atoms with Gasteiger partial charge in [0.15, 0.2) is 0 Å². The van der Waals surface area contributed by atoms with Gasteiger partial charge >= 0.3 is 0 Å². The monoisotopic (exact) mass is 492 g/mol. The van der Waals surface area contributed by atoms with Gasteiger partial charge in [-0.15, -0.1) is 10.2 Å². The van der Waals surface area contributed by atoms with E-state index >= 15 is 0 Å². The molecule has 0 N–H and O–H groups in total. The number of rotatable bonds is 6. The molecule has 1 amide bonds. The van der Waals surface area contributed by atoms with Gasteiger partial charge in [0.05, 0.1) is 10.6 Å². The van der Waals surface area contributed by atoms with E-state index in [1.54, 1.807) is 53.4 Å². The van der Waals surface area contributed by atoms with Crippen LogP contribution in [0.4, 0.5) is 0 Å². The Hall–Kier alpha value is -2.40. The Balaban J connectivity index is 1.29. The van der Waals surface area contributed by atoms with Crippen molar-refractivity contribution in [2.24, 2.45) is 0 Å². The fourth-order valence-electron chi connectivity index (χ4n) is 3.23. The van der Waals surface area contributed by atoms with Gasteiger partial charge in [0.25, 0.3) is 5.22 Å². The van der Waals surface area contributed by atoms with Crippen LogP contribution in [0.1, 0.15) is 5.56 Å². The lowest BCUT2D eigenvalue weighted by molar-refractivity contribution is -0.129. The molecular formula is C21H21ClN4O4S2. The first-order valence-electron chi connectivity index (χ1n) is 9.90. The number of hydrogen-bond donors (Lipinski definition) is 0. The third-order valence-electron chi connectivity index (χ3n) is 5.07. The molecule has 8 nitrogen and oxygen atoms in total. The molecule has 3 aromatic rings.